The number of carbonyl (C=O) groups excluding carboxylic acids is 2. The van der Waals surface area contributed by atoms with E-state index in [9.17, 15) is 22.8 Å². The molecule has 0 radical (unpaired) electrons. The lowest BCUT2D eigenvalue weighted by molar-refractivity contribution is -0.137. The van der Waals surface area contributed by atoms with Crippen molar-refractivity contribution >= 4 is 40.4 Å². The van der Waals surface area contributed by atoms with Gasteiger partial charge in [0.05, 0.1) is 22.1 Å². The maximum atomic E-state index is 12.7. The summed E-state index contributed by atoms with van der Waals surface area (Å²) in [7, 11) is 0. The summed E-state index contributed by atoms with van der Waals surface area (Å²) in [5.74, 6) is -0.287. The van der Waals surface area contributed by atoms with Crippen LogP contribution in [0.5, 0.6) is 0 Å². The number of esters is 1. The number of hydrogen-bond donors (Lipinski definition) is 1. The number of carbonyl (C=O) groups is 2. The number of halogens is 3. The molecule has 0 bridgehead atoms. The molecule has 1 aliphatic rings. The molecule has 0 aliphatic carbocycles. The summed E-state index contributed by atoms with van der Waals surface area (Å²) in [4.78, 5) is 32.8. The van der Waals surface area contributed by atoms with Gasteiger partial charge in [0.15, 0.2) is 0 Å². The predicted molar refractivity (Wildman–Crippen MR) is 125 cm³/mol. The Hall–Kier alpha value is -2.92. The van der Waals surface area contributed by atoms with E-state index in [2.05, 4.69) is 5.32 Å². The molecule has 0 unspecified atom stereocenters. The molecule has 34 heavy (non-hydrogen) atoms. The van der Waals surface area contributed by atoms with Gasteiger partial charge in [0.1, 0.15) is 10.6 Å². The molecule has 4 rings (SSSR count). The first-order valence-corrected chi connectivity index (χ1v) is 12.4. The first-order chi connectivity index (χ1) is 16.3. The zero-order chi connectivity index (χ0) is 24.3. The van der Waals surface area contributed by atoms with Gasteiger partial charge < -0.3 is 15.0 Å². The lowest BCUT2D eigenvalue weighted by Crippen LogP contribution is -2.40. The van der Waals surface area contributed by atoms with Crippen LogP contribution in [0.2, 0.25) is 0 Å². The molecule has 2 aromatic heterocycles. The maximum Gasteiger partial charge on any atom is 0.416 e. The van der Waals surface area contributed by atoms with E-state index >= 15 is 0 Å². The van der Waals surface area contributed by atoms with Crippen molar-refractivity contribution in [3.63, 3.8) is 0 Å². The molecule has 2 amide bonds. The Morgan fingerprint density at radius 3 is 2.47 bits per heavy atom. The molecule has 1 aromatic carbocycles. The van der Waals surface area contributed by atoms with Crippen molar-refractivity contribution in [1.29, 1.82) is 0 Å². The van der Waals surface area contributed by atoms with Crippen LogP contribution in [0, 0.1) is 0 Å². The van der Waals surface area contributed by atoms with E-state index in [4.69, 9.17) is 9.72 Å². The van der Waals surface area contributed by atoms with Crippen LogP contribution in [-0.2, 0) is 10.9 Å². The van der Waals surface area contributed by atoms with Gasteiger partial charge in [-0.2, -0.15) is 13.2 Å². The number of ether oxygens (including phenoxy) is 1. The maximum absolute atomic E-state index is 12.7. The lowest BCUT2D eigenvalue weighted by atomic mass is 9.98. The first kappa shape index (κ1) is 24.2. The second-order valence-electron chi connectivity index (χ2n) is 7.69. The van der Waals surface area contributed by atoms with E-state index in [1.807, 2.05) is 17.5 Å². The van der Waals surface area contributed by atoms with Gasteiger partial charge in [-0.3, -0.25) is 0 Å². The molecular weight excluding hydrogens is 487 g/mol. The fourth-order valence-corrected chi connectivity index (χ4v) is 5.63. The number of nitrogens with zero attached hydrogens (tertiary/aromatic N) is 2. The molecule has 0 saturated carbocycles. The van der Waals surface area contributed by atoms with Gasteiger partial charge in [-0.15, -0.1) is 22.7 Å². The van der Waals surface area contributed by atoms with Crippen molar-refractivity contribution in [2.45, 2.75) is 31.9 Å². The van der Waals surface area contributed by atoms with Gasteiger partial charge in [0.2, 0.25) is 0 Å². The molecular formula is C23H22F3N3O3S2. The van der Waals surface area contributed by atoms with Crippen LogP contribution in [0.1, 0.15) is 45.9 Å². The highest BCUT2D eigenvalue weighted by Gasteiger charge is 2.31. The molecule has 1 fully saturated rings. The first-order valence-electron chi connectivity index (χ1n) is 10.7. The van der Waals surface area contributed by atoms with Gasteiger partial charge in [-0.1, -0.05) is 6.07 Å². The van der Waals surface area contributed by atoms with Crippen molar-refractivity contribution in [1.82, 2.24) is 9.88 Å². The topological polar surface area (TPSA) is 71.5 Å². The second kappa shape index (κ2) is 10.1. The quantitative estimate of drug-likeness (QED) is 0.400. The summed E-state index contributed by atoms with van der Waals surface area (Å²) in [6.45, 7) is 2.98. The number of rotatable bonds is 5. The summed E-state index contributed by atoms with van der Waals surface area (Å²) in [5.41, 5.74) is 0.175. The van der Waals surface area contributed by atoms with Crippen LogP contribution in [0.3, 0.4) is 0 Å². The third kappa shape index (κ3) is 5.41. The highest BCUT2D eigenvalue weighted by atomic mass is 32.1. The molecule has 0 spiro atoms. The fraction of sp³-hybridized carbons (Fsp3) is 0.348. The smallest absolute Gasteiger partial charge is 0.416 e. The van der Waals surface area contributed by atoms with Crippen molar-refractivity contribution < 1.29 is 27.5 Å². The number of anilines is 1. The molecule has 180 valence electrons. The molecule has 6 nitrogen and oxygen atoms in total. The van der Waals surface area contributed by atoms with E-state index in [-0.39, 0.29) is 24.5 Å². The Morgan fingerprint density at radius 2 is 1.88 bits per heavy atom. The van der Waals surface area contributed by atoms with E-state index in [0.29, 0.717) is 42.2 Å². The van der Waals surface area contributed by atoms with Crippen LogP contribution in [0.4, 0.5) is 23.7 Å². The normalized spacial score (nSPS) is 14.8. The largest absolute Gasteiger partial charge is 0.462 e. The molecule has 11 heteroatoms. The van der Waals surface area contributed by atoms with Crippen molar-refractivity contribution in [2.75, 3.05) is 25.0 Å². The van der Waals surface area contributed by atoms with Gasteiger partial charge in [0.25, 0.3) is 0 Å². The molecule has 3 heterocycles. The SMILES string of the molecule is CCOC(=O)c1sc(C2CCN(C(=O)Nc3ccc(C(F)(F)F)cc3)CC2)nc1-c1cccs1. The fourth-order valence-electron chi connectivity index (χ4n) is 3.70. The number of benzene rings is 1. The monoisotopic (exact) mass is 509 g/mol. The third-order valence-corrected chi connectivity index (χ3v) is 7.53. The van der Waals surface area contributed by atoms with Crippen molar-refractivity contribution in [3.05, 3.63) is 57.2 Å². The average molecular weight is 510 g/mol. The number of hydrogen-bond acceptors (Lipinski definition) is 6. The summed E-state index contributed by atoms with van der Waals surface area (Å²) in [6.07, 6.45) is -3.09. The molecule has 3 aromatic rings. The standard InChI is InChI=1S/C23H22F3N3O3S2/c1-2-32-21(30)19-18(17-4-3-13-33-17)28-20(34-19)14-9-11-29(12-10-14)22(31)27-16-7-5-15(6-8-16)23(24,25)26/h3-8,13-14H,2,9-12H2,1H3,(H,27,31). The van der Waals surface area contributed by atoms with E-state index in [1.165, 1.54) is 34.8 Å². The predicted octanol–water partition coefficient (Wildman–Crippen LogP) is 6.48. The van der Waals surface area contributed by atoms with E-state index in [0.717, 1.165) is 22.0 Å². The molecule has 1 aliphatic heterocycles. The van der Waals surface area contributed by atoms with E-state index < -0.39 is 11.7 Å². The number of alkyl halides is 3. The third-order valence-electron chi connectivity index (χ3n) is 5.45. The zero-order valence-electron chi connectivity index (χ0n) is 18.2. The van der Waals surface area contributed by atoms with Crippen LogP contribution in [-0.4, -0.2) is 41.6 Å². The van der Waals surface area contributed by atoms with Crippen LogP contribution in [0.15, 0.2) is 41.8 Å². The van der Waals surface area contributed by atoms with Crippen LogP contribution >= 0.6 is 22.7 Å². The Morgan fingerprint density at radius 1 is 1.18 bits per heavy atom. The summed E-state index contributed by atoms with van der Waals surface area (Å²) in [5, 5.41) is 5.42. The molecule has 0 atom stereocenters. The number of nitrogens with one attached hydrogen (secondary N) is 1. The summed E-state index contributed by atoms with van der Waals surface area (Å²) in [6, 6.07) is 7.83. The minimum Gasteiger partial charge on any atom is -0.462 e. The highest BCUT2D eigenvalue weighted by molar-refractivity contribution is 7.16. The van der Waals surface area contributed by atoms with Gasteiger partial charge >= 0.3 is 18.2 Å². The summed E-state index contributed by atoms with van der Waals surface area (Å²) >= 11 is 2.84. The minimum atomic E-state index is -4.42. The van der Waals surface area contributed by atoms with Crippen LogP contribution in [0.25, 0.3) is 10.6 Å². The van der Waals surface area contributed by atoms with Gasteiger partial charge in [-0.05, 0) is 55.5 Å². The number of thiazole rings is 1. The number of piperidine rings is 1. The Bertz CT molecular complexity index is 1140. The Kier molecular flexibility index (Phi) is 7.22. The average Bonchev–Trinajstić information content (AvgIpc) is 3.49. The Balaban J connectivity index is 1.40. The number of likely N-dealkylation sites (tertiary alicyclic amines) is 1. The number of thiophene rings is 1. The zero-order valence-corrected chi connectivity index (χ0v) is 19.9. The van der Waals surface area contributed by atoms with Gasteiger partial charge in [-0.25, -0.2) is 14.6 Å². The molecule has 1 N–H and O–H groups in total. The van der Waals surface area contributed by atoms with Crippen molar-refractivity contribution in [2.24, 2.45) is 0 Å². The molecule has 1 saturated heterocycles. The Labute approximate surface area is 202 Å². The van der Waals surface area contributed by atoms with Crippen LogP contribution < -0.4 is 5.32 Å². The number of urea groups is 1. The number of amides is 2. The minimum absolute atomic E-state index is 0.0991. The lowest BCUT2D eigenvalue weighted by Gasteiger charge is -2.31. The van der Waals surface area contributed by atoms with E-state index in [1.54, 1.807) is 11.8 Å². The van der Waals surface area contributed by atoms with Crippen molar-refractivity contribution in [3.8, 4) is 10.6 Å². The second-order valence-corrected chi connectivity index (χ2v) is 9.67. The highest BCUT2D eigenvalue weighted by Crippen LogP contribution is 2.38. The van der Waals surface area contributed by atoms with Gasteiger partial charge in [0, 0.05) is 24.7 Å². The summed E-state index contributed by atoms with van der Waals surface area (Å²) < 4.78 is 43.4. The number of aromatic nitrogens is 1.